The molecule has 0 aromatic heterocycles. The molecule has 0 aromatic rings. The molecule has 6 nitrogen and oxygen atoms in total. The van der Waals surface area contributed by atoms with E-state index in [2.05, 4.69) is 57.2 Å². The van der Waals surface area contributed by atoms with Crippen LogP contribution >= 0.6 is 0 Å². The highest BCUT2D eigenvalue weighted by Gasteiger charge is 2.19. The lowest BCUT2D eigenvalue weighted by molar-refractivity contribution is -0.167. The molecule has 0 heterocycles. The van der Waals surface area contributed by atoms with E-state index in [4.69, 9.17) is 14.2 Å². The number of carbonyl (C=O) groups excluding carboxylic acids is 3. The van der Waals surface area contributed by atoms with Gasteiger partial charge in [0.2, 0.25) is 0 Å². The van der Waals surface area contributed by atoms with Crippen molar-refractivity contribution in [3.63, 3.8) is 0 Å². The van der Waals surface area contributed by atoms with Crippen LogP contribution in [0.4, 0.5) is 0 Å². The van der Waals surface area contributed by atoms with Crippen LogP contribution in [0.1, 0.15) is 149 Å². The molecule has 0 aromatic carbocycles. The fourth-order valence-electron chi connectivity index (χ4n) is 5.26. The van der Waals surface area contributed by atoms with Crippen LogP contribution in [0.15, 0.2) is 146 Å². The van der Waals surface area contributed by atoms with E-state index in [0.717, 1.165) is 64.2 Å². The highest BCUT2D eigenvalue weighted by Crippen LogP contribution is 2.10. The molecule has 0 aliphatic heterocycles. The lowest BCUT2D eigenvalue weighted by atomic mass is 10.1. The van der Waals surface area contributed by atoms with Gasteiger partial charge in [-0.3, -0.25) is 14.4 Å². The van der Waals surface area contributed by atoms with Gasteiger partial charge < -0.3 is 14.2 Å². The number of rotatable bonds is 37. The van der Waals surface area contributed by atoms with E-state index < -0.39 is 6.10 Å². The Morgan fingerprint density at radius 1 is 0.356 bits per heavy atom. The molecular formula is C53H78O6. The number of hydrogen-bond acceptors (Lipinski definition) is 6. The Bertz CT molecular complexity index is 1390. The van der Waals surface area contributed by atoms with Gasteiger partial charge in [-0.15, -0.1) is 0 Å². The summed E-state index contributed by atoms with van der Waals surface area (Å²) < 4.78 is 16.6. The summed E-state index contributed by atoms with van der Waals surface area (Å²) in [7, 11) is 0. The topological polar surface area (TPSA) is 78.9 Å². The molecule has 0 amide bonds. The molecule has 0 spiro atoms. The Balaban J connectivity index is 4.61. The first kappa shape index (κ1) is 54.3. The van der Waals surface area contributed by atoms with E-state index >= 15 is 0 Å². The summed E-state index contributed by atoms with van der Waals surface area (Å²) in [6.07, 6.45) is 65.5. The molecule has 0 aliphatic carbocycles. The van der Waals surface area contributed by atoms with E-state index in [1.165, 1.54) is 25.7 Å². The third kappa shape index (κ3) is 44.2. The Morgan fingerprint density at radius 3 is 1.12 bits per heavy atom. The van der Waals surface area contributed by atoms with Gasteiger partial charge in [0, 0.05) is 19.3 Å². The maximum Gasteiger partial charge on any atom is 0.306 e. The molecule has 0 radical (unpaired) electrons. The number of allylic oxidation sites excluding steroid dienone is 24. The maximum atomic E-state index is 12.7. The molecule has 0 fully saturated rings. The normalized spacial score (nSPS) is 13.5. The molecule has 0 rings (SSSR count). The minimum Gasteiger partial charge on any atom is -0.462 e. The highest BCUT2D eigenvalue weighted by atomic mass is 16.6. The number of esters is 3. The van der Waals surface area contributed by atoms with Crippen LogP contribution in [0, 0.1) is 0 Å². The molecule has 0 aliphatic rings. The number of carbonyl (C=O) groups is 3. The third-order valence-electron chi connectivity index (χ3n) is 8.60. The Labute approximate surface area is 359 Å². The molecule has 0 saturated carbocycles. The molecule has 0 saturated heterocycles. The Hall–Kier alpha value is -4.71. The van der Waals surface area contributed by atoms with Crippen LogP contribution in [-0.2, 0) is 28.6 Å². The first-order valence-electron chi connectivity index (χ1n) is 22.5. The summed E-state index contributed by atoms with van der Waals surface area (Å²) in [6.45, 7) is 6.16. The largest absolute Gasteiger partial charge is 0.462 e. The van der Waals surface area contributed by atoms with E-state index in [1.807, 2.05) is 109 Å². The van der Waals surface area contributed by atoms with E-state index in [1.54, 1.807) is 0 Å². The van der Waals surface area contributed by atoms with Crippen molar-refractivity contribution >= 4 is 17.9 Å². The van der Waals surface area contributed by atoms with Crippen molar-refractivity contribution in [3.05, 3.63) is 146 Å². The zero-order chi connectivity index (χ0) is 43.0. The minimum absolute atomic E-state index is 0.133. The van der Waals surface area contributed by atoms with Gasteiger partial charge in [0.25, 0.3) is 0 Å². The molecule has 0 bridgehead atoms. The molecule has 59 heavy (non-hydrogen) atoms. The van der Waals surface area contributed by atoms with Gasteiger partial charge in [-0.2, -0.15) is 0 Å². The van der Waals surface area contributed by atoms with E-state index in [0.29, 0.717) is 19.3 Å². The van der Waals surface area contributed by atoms with Crippen LogP contribution in [-0.4, -0.2) is 37.2 Å². The van der Waals surface area contributed by atoms with Gasteiger partial charge in [-0.1, -0.05) is 199 Å². The van der Waals surface area contributed by atoms with Crippen molar-refractivity contribution in [1.29, 1.82) is 0 Å². The second-order valence-corrected chi connectivity index (χ2v) is 14.1. The molecular weight excluding hydrogens is 733 g/mol. The first-order valence-corrected chi connectivity index (χ1v) is 22.5. The van der Waals surface area contributed by atoms with Crippen LogP contribution in [0.3, 0.4) is 0 Å². The second-order valence-electron chi connectivity index (χ2n) is 14.1. The average molecular weight is 811 g/mol. The number of unbranched alkanes of at least 4 members (excludes halogenated alkanes) is 11. The van der Waals surface area contributed by atoms with Crippen LogP contribution in [0.5, 0.6) is 0 Å². The number of hydrogen-bond donors (Lipinski definition) is 0. The molecule has 0 N–H and O–H groups in total. The zero-order valence-corrected chi connectivity index (χ0v) is 36.9. The quantitative estimate of drug-likeness (QED) is 0.0204. The fraction of sp³-hybridized carbons (Fsp3) is 0.491. The molecule has 1 unspecified atom stereocenters. The van der Waals surface area contributed by atoms with Crippen molar-refractivity contribution in [2.24, 2.45) is 0 Å². The minimum atomic E-state index is -0.834. The summed E-state index contributed by atoms with van der Waals surface area (Å²) in [5.41, 5.74) is 0. The summed E-state index contributed by atoms with van der Waals surface area (Å²) in [4.78, 5) is 37.7. The standard InChI is InChI=1S/C53H78O6/c1-4-7-10-13-16-19-21-23-25-26-28-29-31-34-37-40-43-46-52(55)58-49-50(48-57-51(54)45-42-39-36-33-18-15-12-9-6-3)59-53(56)47-44-41-38-35-32-30-27-24-22-20-17-14-11-8-5-2/h7-8,10-11,13-14,16-17,19-33,36,50H,4-6,9,12,15,18,34-35,37-49H2,1-3H3/b10-7-,11-8-,16-13-,17-14-,21-19-,22-20-,25-23-,27-24-,28-26+,31-29-,32-30-,36-33-. The lowest BCUT2D eigenvalue weighted by Crippen LogP contribution is -2.30. The SMILES string of the molecule is CC\C=C/C=C\C=C/C=C\C=C/CCCCCC(=O)OC(COC(=O)CCC/C=C\CCCCCC)COC(=O)CCCCC\C=C/C=C/C=C\C=C/C=C\C=C/CC. The van der Waals surface area contributed by atoms with E-state index in [9.17, 15) is 14.4 Å². The molecule has 326 valence electrons. The van der Waals surface area contributed by atoms with Crippen molar-refractivity contribution < 1.29 is 28.6 Å². The predicted molar refractivity (Wildman–Crippen MR) is 251 cm³/mol. The monoisotopic (exact) mass is 811 g/mol. The van der Waals surface area contributed by atoms with Gasteiger partial charge in [-0.05, 0) is 77.0 Å². The second kappa shape index (κ2) is 46.0. The summed E-state index contributed by atoms with van der Waals surface area (Å²) in [5, 5.41) is 0. The lowest BCUT2D eigenvalue weighted by Gasteiger charge is -2.18. The smallest absolute Gasteiger partial charge is 0.306 e. The van der Waals surface area contributed by atoms with Crippen molar-refractivity contribution in [2.75, 3.05) is 13.2 Å². The van der Waals surface area contributed by atoms with Crippen molar-refractivity contribution in [1.82, 2.24) is 0 Å². The molecule has 6 heteroatoms. The average Bonchev–Trinajstić information content (AvgIpc) is 3.23. The van der Waals surface area contributed by atoms with Crippen LogP contribution in [0.2, 0.25) is 0 Å². The summed E-state index contributed by atoms with van der Waals surface area (Å²) >= 11 is 0. The Kier molecular flexibility index (Phi) is 42.3. The first-order chi connectivity index (χ1) is 29.0. The predicted octanol–water partition coefficient (Wildman–Crippen LogP) is 14.5. The fourth-order valence-corrected chi connectivity index (χ4v) is 5.26. The summed E-state index contributed by atoms with van der Waals surface area (Å²) in [6, 6.07) is 0. The van der Waals surface area contributed by atoms with Gasteiger partial charge >= 0.3 is 17.9 Å². The van der Waals surface area contributed by atoms with E-state index in [-0.39, 0.29) is 50.4 Å². The number of ether oxygens (including phenoxy) is 3. The highest BCUT2D eigenvalue weighted by molar-refractivity contribution is 5.71. The Morgan fingerprint density at radius 2 is 0.695 bits per heavy atom. The van der Waals surface area contributed by atoms with Gasteiger partial charge in [0.15, 0.2) is 6.10 Å². The van der Waals surface area contributed by atoms with Gasteiger partial charge in [0.05, 0.1) is 0 Å². The summed E-state index contributed by atoms with van der Waals surface area (Å²) in [5.74, 6) is -1.07. The van der Waals surface area contributed by atoms with Crippen molar-refractivity contribution in [2.45, 2.75) is 155 Å². The van der Waals surface area contributed by atoms with Gasteiger partial charge in [-0.25, -0.2) is 0 Å². The zero-order valence-electron chi connectivity index (χ0n) is 36.9. The van der Waals surface area contributed by atoms with Crippen LogP contribution < -0.4 is 0 Å². The van der Waals surface area contributed by atoms with Crippen LogP contribution in [0.25, 0.3) is 0 Å². The maximum absolute atomic E-state index is 12.7. The van der Waals surface area contributed by atoms with Crippen molar-refractivity contribution in [3.8, 4) is 0 Å². The molecule has 1 atom stereocenters. The third-order valence-corrected chi connectivity index (χ3v) is 8.60. The van der Waals surface area contributed by atoms with Gasteiger partial charge in [0.1, 0.15) is 13.2 Å².